The maximum Gasteiger partial charge on any atom is 0.248 e. The zero-order valence-electron chi connectivity index (χ0n) is 12.9. The molecule has 0 radical (unpaired) electrons. The Morgan fingerprint density at radius 3 is 2.71 bits per heavy atom. The Morgan fingerprint density at radius 2 is 2.10 bits per heavy atom. The normalized spacial score (nSPS) is 12.0. The molecule has 2 rings (SSSR count). The summed E-state index contributed by atoms with van der Waals surface area (Å²) in [7, 11) is 0. The minimum Gasteiger partial charge on any atom is -0.373 e. The number of carbonyl (C=O) groups is 1. The van der Waals surface area contributed by atoms with E-state index < -0.39 is 0 Å². The summed E-state index contributed by atoms with van der Waals surface area (Å²) in [5.41, 5.74) is 4.24. The van der Waals surface area contributed by atoms with E-state index in [1.807, 2.05) is 33.1 Å². The van der Waals surface area contributed by atoms with Gasteiger partial charge in [0.15, 0.2) is 5.13 Å². The van der Waals surface area contributed by atoms with Gasteiger partial charge in [-0.15, -0.1) is 11.3 Å². The number of nitrogens with zero attached hydrogens (tertiary/aromatic N) is 1. The number of rotatable bonds is 5. The number of benzene rings is 1. The largest absolute Gasteiger partial charge is 0.373 e. The molecule has 2 N–H and O–H groups in total. The highest BCUT2D eigenvalue weighted by atomic mass is 32.1. The third-order valence-electron chi connectivity index (χ3n) is 3.30. The van der Waals surface area contributed by atoms with Gasteiger partial charge in [0, 0.05) is 11.1 Å². The van der Waals surface area contributed by atoms with Gasteiger partial charge in [0.2, 0.25) is 5.91 Å². The zero-order chi connectivity index (χ0) is 15.4. The molecule has 0 bridgehead atoms. The van der Waals surface area contributed by atoms with Crippen LogP contribution in [0.1, 0.15) is 30.2 Å². The van der Waals surface area contributed by atoms with Gasteiger partial charge in [-0.2, -0.15) is 0 Å². The molecule has 0 spiro atoms. The lowest BCUT2D eigenvalue weighted by molar-refractivity contribution is -0.116. The van der Waals surface area contributed by atoms with Gasteiger partial charge in [-0.1, -0.05) is 19.1 Å². The lowest BCUT2D eigenvalue weighted by Gasteiger charge is -2.19. The van der Waals surface area contributed by atoms with Gasteiger partial charge in [0.05, 0.1) is 5.69 Å². The minimum atomic E-state index is -0.269. The van der Waals surface area contributed by atoms with Crippen molar-refractivity contribution in [3.8, 4) is 0 Å². The number of anilines is 2. The van der Waals surface area contributed by atoms with Crippen molar-refractivity contribution in [2.24, 2.45) is 0 Å². The standard InChI is InChI=1S/C16H21N3OS/c1-5-13(15(20)19-16-17-12(4)9-21-16)18-14-8-10(2)6-7-11(14)3/h6-9,13,18H,5H2,1-4H3,(H,17,19,20)/t13-/m1/s1. The summed E-state index contributed by atoms with van der Waals surface area (Å²) >= 11 is 1.45. The van der Waals surface area contributed by atoms with Crippen LogP contribution in [0.25, 0.3) is 0 Å². The maximum atomic E-state index is 12.3. The van der Waals surface area contributed by atoms with Gasteiger partial charge in [-0.05, 0) is 44.4 Å². The first-order chi connectivity index (χ1) is 9.99. The van der Waals surface area contributed by atoms with Crippen molar-refractivity contribution in [1.82, 2.24) is 4.98 Å². The van der Waals surface area contributed by atoms with E-state index in [0.717, 1.165) is 16.9 Å². The highest BCUT2D eigenvalue weighted by Gasteiger charge is 2.18. The van der Waals surface area contributed by atoms with E-state index in [1.165, 1.54) is 16.9 Å². The van der Waals surface area contributed by atoms with Crippen LogP contribution in [0.2, 0.25) is 0 Å². The molecule has 0 aliphatic carbocycles. The molecule has 0 aliphatic heterocycles. The van der Waals surface area contributed by atoms with Gasteiger partial charge < -0.3 is 10.6 Å². The summed E-state index contributed by atoms with van der Waals surface area (Å²) in [6, 6.07) is 5.93. The van der Waals surface area contributed by atoms with Gasteiger partial charge in [0.1, 0.15) is 6.04 Å². The van der Waals surface area contributed by atoms with Crippen molar-refractivity contribution in [1.29, 1.82) is 0 Å². The van der Waals surface area contributed by atoms with E-state index in [0.29, 0.717) is 11.6 Å². The predicted molar refractivity (Wildman–Crippen MR) is 89.1 cm³/mol. The van der Waals surface area contributed by atoms with E-state index >= 15 is 0 Å². The lowest BCUT2D eigenvalue weighted by atomic mass is 10.1. The number of nitrogens with one attached hydrogen (secondary N) is 2. The van der Waals surface area contributed by atoms with Crippen molar-refractivity contribution in [2.75, 3.05) is 10.6 Å². The number of thiazole rings is 1. The highest BCUT2D eigenvalue weighted by Crippen LogP contribution is 2.19. The van der Waals surface area contributed by atoms with E-state index in [4.69, 9.17) is 0 Å². The summed E-state index contributed by atoms with van der Waals surface area (Å²) in [5.74, 6) is -0.0484. The molecular formula is C16H21N3OS. The third kappa shape index (κ3) is 4.04. The second kappa shape index (κ2) is 6.72. The minimum absolute atomic E-state index is 0.0484. The molecule has 5 heteroatoms. The molecule has 0 fully saturated rings. The zero-order valence-corrected chi connectivity index (χ0v) is 13.7. The quantitative estimate of drug-likeness (QED) is 0.881. The van der Waals surface area contributed by atoms with Crippen LogP contribution in [0.5, 0.6) is 0 Å². The number of carbonyl (C=O) groups excluding carboxylic acids is 1. The fourth-order valence-corrected chi connectivity index (χ4v) is 2.73. The Labute approximate surface area is 129 Å². The summed E-state index contributed by atoms with van der Waals surface area (Å²) in [6.45, 7) is 7.99. The molecule has 4 nitrogen and oxygen atoms in total. The van der Waals surface area contributed by atoms with Crippen molar-refractivity contribution < 1.29 is 4.79 Å². The van der Waals surface area contributed by atoms with E-state index in [-0.39, 0.29) is 11.9 Å². The maximum absolute atomic E-state index is 12.3. The number of amides is 1. The molecule has 0 unspecified atom stereocenters. The first-order valence-electron chi connectivity index (χ1n) is 7.06. The second-order valence-corrected chi connectivity index (χ2v) is 6.06. The Morgan fingerprint density at radius 1 is 1.33 bits per heavy atom. The topological polar surface area (TPSA) is 54.0 Å². The molecule has 1 atom stereocenters. The molecule has 2 aromatic rings. The number of aryl methyl sites for hydroxylation is 3. The molecule has 0 aliphatic rings. The van der Waals surface area contributed by atoms with E-state index in [2.05, 4.69) is 33.8 Å². The molecule has 1 amide bonds. The number of hydrogen-bond acceptors (Lipinski definition) is 4. The Hall–Kier alpha value is -1.88. The summed E-state index contributed by atoms with van der Waals surface area (Å²) < 4.78 is 0. The van der Waals surface area contributed by atoms with Gasteiger partial charge in [-0.3, -0.25) is 4.79 Å². The SMILES string of the molecule is CC[C@@H](Nc1cc(C)ccc1C)C(=O)Nc1nc(C)cs1. The Bertz CT molecular complexity index is 636. The molecular weight excluding hydrogens is 282 g/mol. The van der Waals surface area contributed by atoms with Crippen LogP contribution in [0, 0.1) is 20.8 Å². The molecule has 1 aromatic heterocycles. The van der Waals surface area contributed by atoms with Gasteiger partial charge in [-0.25, -0.2) is 4.98 Å². The van der Waals surface area contributed by atoms with Gasteiger partial charge >= 0.3 is 0 Å². The second-order valence-electron chi connectivity index (χ2n) is 5.21. The van der Waals surface area contributed by atoms with Crippen LogP contribution in [0.3, 0.4) is 0 Å². The molecule has 1 aromatic carbocycles. The van der Waals surface area contributed by atoms with Crippen molar-refractivity contribution in [3.05, 3.63) is 40.4 Å². The molecule has 1 heterocycles. The van der Waals surface area contributed by atoms with Crippen LogP contribution < -0.4 is 10.6 Å². The first-order valence-corrected chi connectivity index (χ1v) is 7.94. The Balaban J connectivity index is 2.08. The van der Waals surface area contributed by atoms with E-state index in [1.54, 1.807) is 0 Å². The highest BCUT2D eigenvalue weighted by molar-refractivity contribution is 7.13. The smallest absolute Gasteiger partial charge is 0.248 e. The molecule has 0 saturated heterocycles. The monoisotopic (exact) mass is 303 g/mol. The van der Waals surface area contributed by atoms with Crippen molar-refractivity contribution in [2.45, 2.75) is 40.2 Å². The molecule has 0 saturated carbocycles. The Kier molecular flexibility index (Phi) is 4.96. The van der Waals surface area contributed by atoms with Crippen LogP contribution in [0.15, 0.2) is 23.6 Å². The molecule has 21 heavy (non-hydrogen) atoms. The fourth-order valence-electron chi connectivity index (χ4n) is 2.04. The molecule has 112 valence electrons. The summed E-state index contributed by atoms with van der Waals surface area (Å²) in [4.78, 5) is 16.6. The van der Waals surface area contributed by atoms with Crippen LogP contribution in [0.4, 0.5) is 10.8 Å². The average molecular weight is 303 g/mol. The lowest BCUT2D eigenvalue weighted by Crippen LogP contribution is -2.34. The number of hydrogen-bond donors (Lipinski definition) is 2. The first kappa shape index (κ1) is 15.5. The number of aromatic nitrogens is 1. The van der Waals surface area contributed by atoms with Crippen LogP contribution in [-0.2, 0) is 4.79 Å². The van der Waals surface area contributed by atoms with Crippen LogP contribution in [-0.4, -0.2) is 16.9 Å². The van der Waals surface area contributed by atoms with Crippen molar-refractivity contribution in [3.63, 3.8) is 0 Å². The van der Waals surface area contributed by atoms with Gasteiger partial charge in [0.25, 0.3) is 0 Å². The van der Waals surface area contributed by atoms with Crippen molar-refractivity contribution >= 4 is 28.1 Å². The third-order valence-corrected chi connectivity index (χ3v) is 4.17. The summed E-state index contributed by atoms with van der Waals surface area (Å²) in [5, 5.41) is 8.78. The summed E-state index contributed by atoms with van der Waals surface area (Å²) in [6.07, 6.45) is 0.712. The fraction of sp³-hybridized carbons (Fsp3) is 0.375. The average Bonchev–Trinajstić information content (AvgIpc) is 2.84. The van der Waals surface area contributed by atoms with Crippen LogP contribution >= 0.6 is 11.3 Å². The predicted octanol–water partition coefficient (Wildman–Crippen LogP) is 3.90. The van der Waals surface area contributed by atoms with E-state index in [9.17, 15) is 4.79 Å².